The van der Waals surface area contributed by atoms with E-state index in [0.29, 0.717) is 0 Å². The van der Waals surface area contributed by atoms with E-state index in [4.69, 9.17) is 26.7 Å². The van der Waals surface area contributed by atoms with E-state index in [-0.39, 0.29) is 4.77 Å². The van der Waals surface area contributed by atoms with Crippen molar-refractivity contribution < 1.29 is 56.5 Å². The van der Waals surface area contributed by atoms with Crippen molar-refractivity contribution in [1.29, 1.82) is 0 Å². The molecule has 1 fully saturated rings. The van der Waals surface area contributed by atoms with Crippen LogP contribution in [0.4, 0.5) is 0 Å². The first-order valence-corrected chi connectivity index (χ1v) is 12.1. The maximum absolute atomic E-state index is 11.7. The molecular formula is C10H17N2O13P3S. The highest BCUT2D eigenvalue weighted by Crippen LogP contribution is 2.63. The minimum atomic E-state index is -5.40. The number of rotatable bonds is 8. The lowest BCUT2D eigenvalue weighted by Crippen LogP contribution is -2.44. The van der Waals surface area contributed by atoms with Gasteiger partial charge in [-0.05, 0) is 19.1 Å². The summed E-state index contributed by atoms with van der Waals surface area (Å²) in [6, 6.07) is 1.08. The highest BCUT2D eigenvalue weighted by atomic mass is 32.1. The molecule has 166 valence electrons. The molecule has 6 N–H and O–H groups in total. The van der Waals surface area contributed by atoms with Gasteiger partial charge in [0.2, 0.25) is 0 Å². The first-order chi connectivity index (χ1) is 13.1. The molecule has 0 aromatic carbocycles. The number of nitrogens with zero attached hydrogens (tertiary/aromatic N) is 1. The lowest BCUT2D eigenvalue weighted by molar-refractivity contribution is -0.0978. The molecule has 1 aromatic rings. The second kappa shape index (κ2) is 8.89. The fourth-order valence-corrected chi connectivity index (χ4v) is 5.47. The van der Waals surface area contributed by atoms with Crippen molar-refractivity contribution in [2.24, 2.45) is 0 Å². The van der Waals surface area contributed by atoms with Gasteiger partial charge >= 0.3 is 23.9 Å². The minimum absolute atomic E-state index is 0.148. The van der Waals surface area contributed by atoms with Gasteiger partial charge in [0, 0.05) is 12.3 Å². The summed E-state index contributed by atoms with van der Waals surface area (Å²) >= 11 is 4.96. The number of phosphoric acid groups is 2. The number of aromatic nitrogens is 2. The van der Waals surface area contributed by atoms with Crippen LogP contribution in [0, 0.1) is 4.77 Å². The predicted molar refractivity (Wildman–Crippen MR) is 95.4 cm³/mol. The first-order valence-electron chi connectivity index (χ1n) is 7.46. The van der Waals surface area contributed by atoms with E-state index in [0.717, 1.165) is 10.6 Å². The molecule has 2 heterocycles. The van der Waals surface area contributed by atoms with Gasteiger partial charge in [0.05, 0.1) is 6.61 Å². The number of aliphatic hydroxyl groups is 2. The Morgan fingerprint density at radius 2 is 2.03 bits per heavy atom. The Morgan fingerprint density at radius 3 is 2.59 bits per heavy atom. The Bertz CT molecular complexity index is 992. The molecule has 0 aliphatic carbocycles. The van der Waals surface area contributed by atoms with Crippen LogP contribution in [0.2, 0.25) is 0 Å². The van der Waals surface area contributed by atoms with Crippen molar-refractivity contribution in [1.82, 2.24) is 9.55 Å². The molecule has 1 saturated heterocycles. The maximum atomic E-state index is 11.7. The number of hydrogen-bond donors (Lipinski definition) is 6. The van der Waals surface area contributed by atoms with Crippen LogP contribution in [-0.2, 0) is 31.6 Å². The molecule has 0 bridgehead atoms. The Labute approximate surface area is 167 Å². The SMILES string of the molecule is CC1(O)[C@@H](O)[C@@H](COP(=O)(O)OP(=O)(O)O[PH](=O)O)O[C@H]1n1ccc(=O)[nH]c1=S. The molecule has 4 unspecified atom stereocenters. The lowest BCUT2D eigenvalue weighted by Gasteiger charge is -2.27. The zero-order chi connectivity index (χ0) is 22.2. The van der Waals surface area contributed by atoms with Crippen LogP contribution in [0.3, 0.4) is 0 Å². The molecule has 1 aliphatic rings. The van der Waals surface area contributed by atoms with Crippen LogP contribution in [0.5, 0.6) is 0 Å². The fraction of sp³-hybridized carbons (Fsp3) is 0.600. The average molecular weight is 498 g/mol. The summed E-state index contributed by atoms with van der Waals surface area (Å²) in [4.78, 5) is 40.5. The molecule has 15 nitrogen and oxygen atoms in total. The molecule has 1 aliphatic heterocycles. The van der Waals surface area contributed by atoms with E-state index >= 15 is 0 Å². The number of ether oxygens (including phenoxy) is 1. The minimum Gasteiger partial charge on any atom is -0.387 e. The van der Waals surface area contributed by atoms with E-state index in [1.54, 1.807) is 0 Å². The topological polar surface area (TPSA) is 227 Å². The molecule has 19 heteroatoms. The van der Waals surface area contributed by atoms with Crippen LogP contribution >= 0.6 is 36.1 Å². The van der Waals surface area contributed by atoms with Crippen molar-refractivity contribution in [2.45, 2.75) is 31.0 Å². The molecular weight excluding hydrogens is 481 g/mol. The summed E-state index contributed by atoms with van der Waals surface area (Å²) in [7, 11) is -14.7. The van der Waals surface area contributed by atoms with Gasteiger partial charge in [-0.1, -0.05) is 0 Å². The largest absolute Gasteiger partial charge is 0.488 e. The van der Waals surface area contributed by atoms with Crippen LogP contribution < -0.4 is 5.56 Å². The van der Waals surface area contributed by atoms with Gasteiger partial charge in [-0.3, -0.25) is 23.4 Å². The molecule has 1 aromatic heterocycles. The zero-order valence-corrected chi connectivity index (χ0v) is 18.0. The molecule has 29 heavy (non-hydrogen) atoms. The van der Waals surface area contributed by atoms with Gasteiger partial charge in [-0.2, -0.15) is 4.31 Å². The van der Waals surface area contributed by atoms with Crippen molar-refractivity contribution in [3.63, 3.8) is 0 Å². The quantitative estimate of drug-likeness (QED) is 0.197. The van der Waals surface area contributed by atoms with Gasteiger partial charge in [0.1, 0.15) is 17.8 Å². The summed E-state index contributed by atoms with van der Waals surface area (Å²) in [5.74, 6) is 0. The number of nitrogens with one attached hydrogen (secondary N) is 1. The molecule has 0 radical (unpaired) electrons. The van der Waals surface area contributed by atoms with Crippen molar-refractivity contribution >= 4 is 36.1 Å². The van der Waals surface area contributed by atoms with Crippen molar-refractivity contribution in [3.8, 4) is 0 Å². The van der Waals surface area contributed by atoms with Crippen molar-refractivity contribution in [3.05, 3.63) is 27.4 Å². The van der Waals surface area contributed by atoms with E-state index in [9.17, 15) is 33.6 Å². The Balaban J connectivity index is 2.13. The highest BCUT2D eigenvalue weighted by Gasteiger charge is 2.54. The highest BCUT2D eigenvalue weighted by molar-refractivity contribution is 7.71. The third-order valence-electron chi connectivity index (χ3n) is 3.66. The van der Waals surface area contributed by atoms with Gasteiger partial charge < -0.3 is 29.6 Å². The van der Waals surface area contributed by atoms with E-state index < -0.39 is 60.1 Å². The normalized spacial score (nSPS) is 32.4. The van der Waals surface area contributed by atoms with Crippen LogP contribution in [-0.4, -0.2) is 58.9 Å². The number of aliphatic hydroxyl groups excluding tert-OH is 1. The van der Waals surface area contributed by atoms with Gasteiger partial charge in [-0.25, -0.2) is 13.4 Å². The second-order valence-corrected chi connectivity index (χ2v) is 10.3. The Kier molecular flexibility index (Phi) is 7.57. The maximum Gasteiger partial charge on any atom is 0.488 e. The third-order valence-corrected chi connectivity index (χ3v) is 7.65. The summed E-state index contributed by atoms with van der Waals surface area (Å²) in [5, 5.41) is 20.8. The number of phosphoric ester groups is 1. The number of H-pyrrole nitrogens is 1. The standard InChI is InChI=1S/C10H17N2O13P3S/c1-10(15)7(14)5(23-8(10)12-3-2-6(13)11-9(12)29)4-22-27(18,19)25-28(20,21)24-26(16)17/h2-3,5,7-8,14-15,26H,4H2,1H3,(H,16,17)(H,18,19)(H,20,21)(H,11,13,29)/t5-,7+,8-,10?/m1/s1. The summed E-state index contributed by atoms with van der Waals surface area (Å²) in [6.45, 7) is 0.242. The van der Waals surface area contributed by atoms with E-state index in [1.807, 2.05) is 0 Å². The van der Waals surface area contributed by atoms with Gasteiger partial charge in [0.15, 0.2) is 11.0 Å². The van der Waals surface area contributed by atoms with Crippen LogP contribution in [0.1, 0.15) is 13.2 Å². The zero-order valence-electron chi connectivity index (χ0n) is 14.3. The average Bonchev–Trinajstić information content (AvgIpc) is 2.74. The molecule has 0 amide bonds. The van der Waals surface area contributed by atoms with Gasteiger partial charge in [0.25, 0.3) is 5.56 Å². The fourth-order valence-electron chi connectivity index (χ4n) is 2.43. The number of aromatic amines is 1. The Hall–Kier alpha value is -0.570. The van der Waals surface area contributed by atoms with Crippen molar-refractivity contribution in [2.75, 3.05) is 6.61 Å². The third kappa shape index (κ3) is 6.21. The first kappa shape index (κ1) is 24.7. The molecule has 7 atom stereocenters. The predicted octanol–water partition coefficient (Wildman–Crippen LogP) is -0.452. The smallest absolute Gasteiger partial charge is 0.387 e. The molecule has 2 rings (SSSR count). The molecule has 0 spiro atoms. The van der Waals surface area contributed by atoms with E-state index in [2.05, 4.69) is 18.1 Å². The van der Waals surface area contributed by atoms with Crippen LogP contribution in [0.15, 0.2) is 17.1 Å². The van der Waals surface area contributed by atoms with Gasteiger partial charge in [-0.15, -0.1) is 0 Å². The van der Waals surface area contributed by atoms with Crippen LogP contribution in [0.25, 0.3) is 0 Å². The summed E-state index contributed by atoms with van der Waals surface area (Å²) in [5.41, 5.74) is -2.53. The second-order valence-electron chi connectivity index (χ2n) is 5.89. The lowest BCUT2D eigenvalue weighted by atomic mass is 9.96. The Morgan fingerprint density at radius 1 is 1.41 bits per heavy atom. The summed E-state index contributed by atoms with van der Waals surface area (Å²) in [6.07, 6.45) is -3.31. The summed E-state index contributed by atoms with van der Waals surface area (Å²) < 4.78 is 51.7. The van der Waals surface area contributed by atoms with E-state index in [1.165, 1.54) is 13.1 Å². The monoisotopic (exact) mass is 498 g/mol. The number of hydrogen-bond acceptors (Lipinski definition) is 11. The molecule has 0 saturated carbocycles.